The van der Waals surface area contributed by atoms with Gasteiger partial charge in [-0.15, -0.1) is 0 Å². The van der Waals surface area contributed by atoms with Crippen LogP contribution >= 0.6 is 12.2 Å². The molecule has 0 unspecified atom stereocenters. The Bertz CT molecular complexity index is 591. The van der Waals surface area contributed by atoms with Crippen molar-refractivity contribution in [1.82, 2.24) is 14.8 Å². The van der Waals surface area contributed by atoms with Gasteiger partial charge in [-0.2, -0.15) is 18.3 Å². The number of pyridine rings is 1. The van der Waals surface area contributed by atoms with Gasteiger partial charge in [0, 0.05) is 12.4 Å². The van der Waals surface area contributed by atoms with Gasteiger partial charge in [0.25, 0.3) is 0 Å². The number of alkyl halides is 3. The average molecular weight is 272 g/mol. The zero-order valence-electron chi connectivity index (χ0n) is 8.85. The summed E-state index contributed by atoms with van der Waals surface area (Å²) in [4.78, 5) is 3.96. The standard InChI is InChI=1S/C10H7F3N4S/c11-10(12,13)8-2-4-17(16-8)6-1-3-15-7(5-6)9(14)18/h1-5H,(H2,14,18). The summed E-state index contributed by atoms with van der Waals surface area (Å²) >= 11 is 4.74. The molecular formula is C10H7F3N4S. The third kappa shape index (κ3) is 2.48. The molecule has 0 radical (unpaired) electrons. The molecule has 0 bridgehead atoms. The predicted octanol–water partition coefficient (Wildman–Crippen LogP) is 1.92. The number of aromatic nitrogens is 3. The molecule has 0 amide bonds. The summed E-state index contributed by atoms with van der Waals surface area (Å²) in [7, 11) is 0. The van der Waals surface area contributed by atoms with Crippen molar-refractivity contribution in [3.8, 4) is 5.69 Å². The first kappa shape index (κ1) is 12.5. The quantitative estimate of drug-likeness (QED) is 0.849. The highest BCUT2D eigenvalue weighted by Gasteiger charge is 2.33. The minimum Gasteiger partial charge on any atom is -0.388 e. The van der Waals surface area contributed by atoms with Gasteiger partial charge in [0.2, 0.25) is 0 Å². The van der Waals surface area contributed by atoms with Crippen molar-refractivity contribution >= 4 is 17.2 Å². The van der Waals surface area contributed by atoms with Crippen LogP contribution in [0.1, 0.15) is 11.4 Å². The molecule has 0 atom stereocenters. The van der Waals surface area contributed by atoms with E-state index in [0.29, 0.717) is 11.4 Å². The molecule has 2 heterocycles. The molecule has 2 N–H and O–H groups in total. The second-order valence-electron chi connectivity index (χ2n) is 3.41. The number of rotatable bonds is 2. The topological polar surface area (TPSA) is 56.7 Å². The van der Waals surface area contributed by atoms with Gasteiger partial charge in [0.15, 0.2) is 5.69 Å². The summed E-state index contributed by atoms with van der Waals surface area (Å²) in [5.41, 5.74) is 5.16. The van der Waals surface area contributed by atoms with Gasteiger partial charge in [-0.25, -0.2) is 4.68 Å². The molecule has 18 heavy (non-hydrogen) atoms. The van der Waals surface area contributed by atoms with Gasteiger partial charge in [-0.1, -0.05) is 12.2 Å². The van der Waals surface area contributed by atoms with E-state index < -0.39 is 11.9 Å². The van der Waals surface area contributed by atoms with Crippen molar-refractivity contribution in [3.63, 3.8) is 0 Å². The molecule has 0 aliphatic carbocycles. The summed E-state index contributed by atoms with van der Waals surface area (Å²) in [6.45, 7) is 0. The van der Waals surface area contributed by atoms with E-state index in [-0.39, 0.29) is 4.99 Å². The van der Waals surface area contributed by atoms with Crippen LogP contribution in [0.3, 0.4) is 0 Å². The van der Waals surface area contributed by atoms with E-state index in [1.807, 2.05) is 0 Å². The summed E-state index contributed by atoms with van der Waals surface area (Å²) in [5, 5.41) is 3.43. The smallest absolute Gasteiger partial charge is 0.388 e. The molecule has 0 spiro atoms. The molecule has 0 aromatic carbocycles. The molecule has 0 saturated heterocycles. The fourth-order valence-corrected chi connectivity index (χ4v) is 1.43. The lowest BCUT2D eigenvalue weighted by Crippen LogP contribution is -2.12. The third-order valence-electron chi connectivity index (χ3n) is 2.14. The monoisotopic (exact) mass is 272 g/mol. The second kappa shape index (κ2) is 4.37. The molecule has 2 aromatic rings. The van der Waals surface area contributed by atoms with Crippen LogP contribution in [0.25, 0.3) is 5.69 Å². The summed E-state index contributed by atoms with van der Waals surface area (Å²) in [5.74, 6) is 0. The van der Waals surface area contributed by atoms with Gasteiger partial charge < -0.3 is 5.73 Å². The number of halogens is 3. The Morgan fingerprint density at radius 3 is 2.61 bits per heavy atom. The van der Waals surface area contributed by atoms with E-state index in [0.717, 1.165) is 10.7 Å². The van der Waals surface area contributed by atoms with E-state index in [2.05, 4.69) is 10.1 Å². The maximum atomic E-state index is 12.4. The lowest BCUT2D eigenvalue weighted by Gasteiger charge is -2.04. The summed E-state index contributed by atoms with van der Waals surface area (Å²) in [6.07, 6.45) is -1.86. The highest BCUT2D eigenvalue weighted by Crippen LogP contribution is 2.27. The first-order chi connectivity index (χ1) is 8.38. The fraction of sp³-hybridized carbons (Fsp3) is 0.100. The molecule has 0 aliphatic rings. The van der Waals surface area contributed by atoms with Crippen LogP contribution < -0.4 is 5.73 Å². The molecule has 94 valence electrons. The number of nitrogens with zero attached hydrogens (tertiary/aromatic N) is 3. The molecule has 2 rings (SSSR count). The molecule has 0 aliphatic heterocycles. The van der Waals surface area contributed by atoms with Crippen LogP contribution in [0.15, 0.2) is 30.6 Å². The third-order valence-corrected chi connectivity index (χ3v) is 2.35. The van der Waals surface area contributed by atoms with Gasteiger partial charge in [0.1, 0.15) is 4.99 Å². The minimum atomic E-state index is -4.47. The molecule has 0 saturated carbocycles. The van der Waals surface area contributed by atoms with Crippen molar-refractivity contribution in [2.75, 3.05) is 0 Å². The molecular weight excluding hydrogens is 265 g/mol. The zero-order valence-corrected chi connectivity index (χ0v) is 9.66. The van der Waals surface area contributed by atoms with Gasteiger partial charge in [-0.3, -0.25) is 4.98 Å². The highest BCUT2D eigenvalue weighted by molar-refractivity contribution is 7.80. The van der Waals surface area contributed by atoms with E-state index in [9.17, 15) is 13.2 Å². The summed E-state index contributed by atoms with van der Waals surface area (Å²) in [6, 6.07) is 3.87. The maximum Gasteiger partial charge on any atom is 0.435 e. The second-order valence-corrected chi connectivity index (χ2v) is 3.85. The van der Waals surface area contributed by atoms with Crippen LogP contribution in [-0.2, 0) is 6.18 Å². The predicted molar refractivity (Wildman–Crippen MR) is 62.2 cm³/mol. The Balaban J connectivity index is 2.40. The van der Waals surface area contributed by atoms with Crippen molar-refractivity contribution in [1.29, 1.82) is 0 Å². The first-order valence-corrected chi connectivity index (χ1v) is 5.18. The van der Waals surface area contributed by atoms with E-state index in [1.54, 1.807) is 0 Å². The normalized spacial score (nSPS) is 11.5. The lowest BCUT2D eigenvalue weighted by molar-refractivity contribution is -0.141. The molecule has 8 heteroatoms. The zero-order chi connectivity index (χ0) is 13.3. The maximum absolute atomic E-state index is 12.4. The van der Waals surface area contributed by atoms with E-state index in [1.165, 1.54) is 24.5 Å². The van der Waals surface area contributed by atoms with Crippen molar-refractivity contribution in [2.24, 2.45) is 5.73 Å². The minimum absolute atomic E-state index is 0.0695. The van der Waals surface area contributed by atoms with Crippen LogP contribution in [0, 0.1) is 0 Å². The number of hydrogen-bond donors (Lipinski definition) is 1. The van der Waals surface area contributed by atoms with Gasteiger partial charge >= 0.3 is 6.18 Å². The van der Waals surface area contributed by atoms with Crippen LogP contribution in [0.2, 0.25) is 0 Å². The SMILES string of the molecule is NC(=S)c1cc(-n2ccc(C(F)(F)F)n2)ccn1. The Morgan fingerprint density at radius 2 is 2.06 bits per heavy atom. The number of thiocarbonyl (C=S) groups is 1. The molecule has 0 fully saturated rings. The van der Waals surface area contributed by atoms with E-state index in [4.69, 9.17) is 18.0 Å². The Morgan fingerprint density at radius 1 is 1.33 bits per heavy atom. The average Bonchev–Trinajstić information content (AvgIpc) is 2.78. The van der Waals surface area contributed by atoms with Crippen molar-refractivity contribution < 1.29 is 13.2 Å². The molecule has 4 nitrogen and oxygen atoms in total. The fourth-order valence-electron chi connectivity index (χ4n) is 1.32. The van der Waals surface area contributed by atoms with Crippen LogP contribution in [0.4, 0.5) is 13.2 Å². The highest BCUT2D eigenvalue weighted by atomic mass is 32.1. The van der Waals surface area contributed by atoms with E-state index >= 15 is 0 Å². The van der Waals surface area contributed by atoms with Crippen molar-refractivity contribution in [2.45, 2.75) is 6.18 Å². The van der Waals surface area contributed by atoms with Crippen LogP contribution in [0.5, 0.6) is 0 Å². The number of hydrogen-bond acceptors (Lipinski definition) is 3. The Kier molecular flexibility index (Phi) is 3.04. The van der Waals surface area contributed by atoms with Gasteiger partial charge in [0.05, 0.1) is 11.4 Å². The number of nitrogens with two attached hydrogens (primary N) is 1. The first-order valence-electron chi connectivity index (χ1n) is 4.77. The Hall–Kier alpha value is -1.96. The van der Waals surface area contributed by atoms with Gasteiger partial charge in [-0.05, 0) is 18.2 Å². The van der Waals surface area contributed by atoms with Crippen LogP contribution in [-0.4, -0.2) is 19.8 Å². The summed E-state index contributed by atoms with van der Waals surface area (Å²) < 4.78 is 38.3. The van der Waals surface area contributed by atoms with Crippen molar-refractivity contribution in [3.05, 3.63) is 42.0 Å². The molecule has 2 aromatic heterocycles. The lowest BCUT2D eigenvalue weighted by atomic mass is 10.3. The largest absolute Gasteiger partial charge is 0.435 e. The Labute approximate surface area is 105 Å².